The number of nitrogens with one attached hydrogen (secondary N) is 2. The summed E-state index contributed by atoms with van der Waals surface area (Å²) in [5.41, 5.74) is 7.68. The SMILES string of the molecule is Cc1ccc(Cn2nc(C)c(/C=N/NC(=O)c3ccccc3NS(=O)(=O)c3cccs3)c2C)cc1. The van der Waals surface area contributed by atoms with Crippen LogP contribution >= 0.6 is 11.3 Å². The van der Waals surface area contributed by atoms with Crippen molar-refractivity contribution in [2.24, 2.45) is 5.10 Å². The fraction of sp³-hybridized carbons (Fsp3) is 0.160. The van der Waals surface area contributed by atoms with Crippen LogP contribution in [0.3, 0.4) is 0 Å². The summed E-state index contributed by atoms with van der Waals surface area (Å²) in [7, 11) is -3.79. The van der Waals surface area contributed by atoms with Gasteiger partial charge in [0, 0.05) is 11.3 Å². The monoisotopic (exact) mass is 507 g/mol. The summed E-state index contributed by atoms with van der Waals surface area (Å²) in [6, 6.07) is 17.8. The second-order valence-electron chi connectivity index (χ2n) is 8.01. The summed E-state index contributed by atoms with van der Waals surface area (Å²) in [5.74, 6) is -0.534. The van der Waals surface area contributed by atoms with Gasteiger partial charge >= 0.3 is 0 Å². The highest BCUT2D eigenvalue weighted by Crippen LogP contribution is 2.23. The third-order valence-corrected chi connectivity index (χ3v) is 8.19. The van der Waals surface area contributed by atoms with Crippen LogP contribution < -0.4 is 10.1 Å². The zero-order chi connectivity index (χ0) is 25.0. The lowest BCUT2D eigenvalue weighted by atomic mass is 10.1. The van der Waals surface area contributed by atoms with E-state index in [1.54, 1.807) is 29.8 Å². The number of amides is 1. The normalized spacial score (nSPS) is 11.6. The van der Waals surface area contributed by atoms with Crippen LogP contribution in [0.5, 0.6) is 0 Å². The van der Waals surface area contributed by atoms with Gasteiger partial charge in [-0.2, -0.15) is 10.2 Å². The molecule has 0 saturated carbocycles. The van der Waals surface area contributed by atoms with Crippen LogP contribution in [-0.2, 0) is 16.6 Å². The lowest BCUT2D eigenvalue weighted by molar-refractivity contribution is 0.0956. The standard InChI is InChI=1S/C25H25N5O3S2/c1-17-10-12-20(13-11-17)16-30-19(3)22(18(2)28-30)15-26-27-25(31)21-7-4-5-8-23(21)29-35(32,33)24-9-6-14-34-24/h4-15,29H,16H2,1-3H3,(H,27,31)/b26-15+. The number of anilines is 1. The van der Waals surface area contributed by atoms with E-state index in [0.29, 0.717) is 6.54 Å². The highest BCUT2D eigenvalue weighted by Gasteiger charge is 2.19. The summed E-state index contributed by atoms with van der Waals surface area (Å²) in [5, 5.41) is 10.4. The van der Waals surface area contributed by atoms with E-state index in [2.05, 4.69) is 44.6 Å². The van der Waals surface area contributed by atoms with E-state index in [4.69, 9.17) is 0 Å². The number of aromatic nitrogens is 2. The summed E-state index contributed by atoms with van der Waals surface area (Å²) in [4.78, 5) is 12.8. The van der Waals surface area contributed by atoms with Crippen molar-refractivity contribution in [1.82, 2.24) is 15.2 Å². The van der Waals surface area contributed by atoms with Crippen molar-refractivity contribution in [3.63, 3.8) is 0 Å². The highest BCUT2D eigenvalue weighted by molar-refractivity contribution is 7.94. The molecule has 0 spiro atoms. The average molecular weight is 508 g/mol. The van der Waals surface area contributed by atoms with Crippen LogP contribution in [-0.4, -0.2) is 30.3 Å². The number of nitrogens with zero attached hydrogens (tertiary/aromatic N) is 3. The van der Waals surface area contributed by atoms with Gasteiger partial charge in [-0.1, -0.05) is 48.0 Å². The average Bonchev–Trinajstić information content (AvgIpc) is 3.46. The van der Waals surface area contributed by atoms with Crippen molar-refractivity contribution in [3.8, 4) is 0 Å². The molecule has 2 N–H and O–H groups in total. The summed E-state index contributed by atoms with van der Waals surface area (Å²) < 4.78 is 29.7. The number of thiophene rings is 1. The molecule has 0 unspecified atom stereocenters. The fourth-order valence-electron chi connectivity index (χ4n) is 3.52. The molecule has 0 radical (unpaired) electrons. The predicted octanol–water partition coefficient (Wildman–Crippen LogP) is 4.48. The van der Waals surface area contributed by atoms with Gasteiger partial charge in [0.15, 0.2) is 0 Å². The largest absolute Gasteiger partial charge is 0.278 e. The molecule has 0 saturated heterocycles. The molecule has 2 aromatic carbocycles. The smallest absolute Gasteiger partial charge is 0.273 e. The van der Waals surface area contributed by atoms with Crippen LogP contribution in [0.2, 0.25) is 0 Å². The fourth-order valence-corrected chi connectivity index (χ4v) is 5.59. The third kappa shape index (κ3) is 5.67. The van der Waals surface area contributed by atoms with E-state index in [1.165, 1.54) is 23.8 Å². The molecule has 10 heteroatoms. The molecule has 1 amide bonds. The molecule has 0 atom stereocenters. The minimum absolute atomic E-state index is 0.160. The molecule has 4 rings (SSSR count). The van der Waals surface area contributed by atoms with Gasteiger partial charge in [-0.3, -0.25) is 14.2 Å². The van der Waals surface area contributed by atoms with Crippen molar-refractivity contribution in [3.05, 3.63) is 99.7 Å². The van der Waals surface area contributed by atoms with Crippen LogP contribution in [0, 0.1) is 20.8 Å². The maximum absolute atomic E-state index is 12.8. The Balaban J connectivity index is 1.48. The first-order valence-electron chi connectivity index (χ1n) is 10.8. The Bertz CT molecular complexity index is 1470. The topological polar surface area (TPSA) is 105 Å². The first-order chi connectivity index (χ1) is 16.7. The molecule has 0 fully saturated rings. The zero-order valence-electron chi connectivity index (χ0n) is 19.5. The van der Waals surface area contributed by atoms with Gasteiger partial charge in [-0.05, 0) is 49.9 Å². The van der Waals surface area contributed by atoms with Gasteiger partial charge in [0.2, 0.25) is 0 Å². The number of sulfonamides is 1. The predicted molar refractivity (Wildman–Crippen MR) is 139 cm³/mol. The molecule has 0 aliphatic heterocycles. The molecule has 35 heavy (non-hydrogen) atoms. The molecule has 0 aliphatic carbocycles. The first kappa shape index (κ1) is 24.4. The lowest BCUT2D eigenvalue weighted by Gasteiger charge is -2.10. The molecule has 180 valence electrons. The Morgan fingerprint density at radius 1 is 1.06 bits per heavy atom. The molecule has 2 aromatic heterocycles. The Morgan fingerprint density at radius 2 is 1.80 bits per heavy atom. The van der Waals surface area contributed by atoms with Crippen molar-refractivity contribution < 1.29 is 13.2 Å². The Hall–Kier alpha value is -3.76. The van der Waals surface area contributed by atoms with Crippen molar-refractivity contribution >= 4 is 39.2 Å². The second-order valence-corrected chi connectivity index (χ2v) is 10.9. The summed E-state index contributed by atoms with van der Waals surface area (Å²) >= 11 is 1.10. The van der Waals surface area contributed by atoms with E-state index in [-0.39, 0.29) is 15.5 Å². The number of carbonyl (C=O) groups is 1. The zero-order valence-corrected chi connectivity index (χ0v) is 21.2. The van der Waals surface area contributed by atoms with Crippen LogP contribution in [0.4, 0.5) is 5.69 Å². The number of benzene rings is 2. The lowest BCUT2D eigenvalue weighted by Crippen LogP contribution is -2.21. The molecule has 0 bridgehead atoms. The second kappa shape index (κ2) is 10.2. The minimum Gasteiger partial charge on any atom is -0.278 e. The van der Waals surface area contributed by atoms with Crippen molar-refractivity contribution in [1.29, 1.82) is 0 Å². The number of aryl methyl sites for hydroxylation is 2. The maximum Gasteiger partial charge on any atom is 0.273 e. The Kier molecular flexibility index (Phi) is 7.13. The molecule has 4 aromatic rings. The Morgan fingerprint density at radius 3 is 2.51 bits per heavy atom. The van der Waals surface area contributed by atoms with Gasteiger partial charge in [-0.15, -0.1) is 11.3 Å². The number of carbonyl (C=O) groups excluding carboxylic acids is 1. The maximum atomic E-state index is 12.8. The minimum atomic E-state index is -3.79. The molecule has 8 nitrogen and oxygen atoms in total. The Labute approximate surface area is 208 Å². The quantitative estimate of drug-likeness (QED) is 0.271. The first-order valence-corrected chi connectivity index (χ1v) is 13.2. The van der Waals surface area contributed by atoms with E-state index >= 15 is 0 Å². The van der Waals surface area contributed by atoms with E-state index in [9.17, 15) is 13.2 Å². The van der Waals surface area contributed by atoms with Crippen LogP contribution in [0.25, 0.3) is 0 Å². The van der Waals surface area contributed by atoms with Gasteiger partial charge in [0.25, 0.3) is 15.9 Å². The van der Waals surface area contributed by atoms with E-state index in [0.717, 1.165) is 33.9 Å². The van der Waals surface area contributed by atoms with Crippen molar-refractivity contribution in [2.75, 3.05) is 4.72 Å². The van der Waals surface area contributed by atoms with Gasteiger partial charge in [-0.25, -0.2) is 13.8 Å². The van der Waals surface area contributed by atoms with E-state index < -0.39 is 15.9 Å². The van der Waals surface area contributed by atoms with Gasteiger partial charge in [0.1, 0.15) is 4.21 Å². The number of hydrogen-bond acceptors (Lipinski definition) is 6. The number of rotatable bonds is 8. The number of hydrazone groups is 1. The third-order valence-electron chi connectivity index (χ3n) is 5.43. The van der Waals surface area contributed by atoms with Crippen LogP contribution in [0.15, 0.2) is 75.4 Å². The van der Waals surface area contributed by atoms with E-state index in [1.807, 2.05) is 25.5 Å². The molecule has 0 aliphatic rings. The van der Waals surface area contributed by atoms with Gasteiger partial charge in [0.05, 0.1) is 29.7 Å². The molecular formula is C25H25N5O3S2. The number of hydrogen-bond donors (Lipinski definition) is 2. The summed E-state index contributed by atoms with van der Waals surface area (Å²) in [6.45, 7) is 6.51. The number of para-hydroxylation sites is 1. The van der Waals surface area contributed by atoms with Crippen molar-refractivity contribution in [2.45, 2.75) is 31.5 Å². The molecule has 2 heterocycles. The highest BCUT2D eigenvalue weighted by atomic mass is 32.2. The molecular weight excluding hydrogens is 482 g/mol. The van der Waals surface area contributed by atoms with Crippen LogP contribution in [0.1, 0.15) is 38.4 Å². The van der Waals surface area contributed by atoms with Gasteiger partial charge < -0.3 is 0 Å². The summed E-state index contributed by atoms with van der Waals surface area (Å²) in [6.07, 6.45) is 1.56.